The maximum atomic E-state index is 11.9. The summed E-state index contributed by atoms with van der Waals surface area (Å²) < 4.78 is 5.61. The van der Waals surface area contributed by atoms with E-state index < -0.39 is 5.54 Å². The minimum atomic E-state index is -0.517. The Kier molecular flexibility index (Phi) is 2.22. The summed E-state index contributed by atoms with van der Waals surface area (Å²) in [5.74, 6) is 0.581. The number of amides is 1. The molecule has 15 heavy (non-hydrogen) atoms. The summed E-state index contributed by atoms with van der Waals surface area (Å²) in [7, 11) is 1.66. The molecular formula is C10H17N3O2. The van der Waals surface area contributed by atoms with Crippen LogP contribution in [0.25, 0.3) is 0 Å². The molecule has 2 heterocycles. The molecule has 2 N–H and O–H groups in total. The Morgan fingerprint density at radius 3 is 2.73 bits per heavy atom. The van der Waals surface area contributed by atoms with Crippen LogP contribution in [-0.4, -0.2) is 36.7 Å². The van der Waals surface area contributed by atoms with Crippen molar-refractivity contribution < 1.29 is 9.53 Å². The second kappa shape index (κ2) is 3.20. The van der Waals surface area contributed by atoms with Crippen LogP contribution < -0.4 is 10.6 Å². The number of ether oxygens (including phenoxy) is 1. The van der Waals surface area contributed by atoms with Gasteiger partial charge in [0, 0.05) is 19.9 Å². The molecule has 2 fully saturated rings. The normalized spacial score (nSPS) is 36.7. The fourth-order valence-corrected chi connectivity index (χ4v) is 2.32. The third-order valence-corrected chi connectivity index (χ3v) is 3.00. The van der Waals surface area contributed by atoms with Gasteiger partial charge in [0.25, 0.3) is 5.91 Å². The van der Waals surface area contributed by atoms with Crippen LogP contribution in [0.4, 0.5) is 0 Å². The average molecular weight is 211 g/mol. The quantitative estimate of drug-likeness (QED) is 0.593. The zero-order valence-corrected chi connectivity index (χ0v) is 9.39. The maximum absolute atomic E-state index is 11.9. The topological polar surface area (TPSA) is 62.7 Å². The first-order valence-corrected chi connectivity index (χ1v) is 5.18. The summed E-state index contributed by atoms with van der Waals surface area (Å²) in [6.45, 7) is 4.61. The highest BCUT2D eigenvalue weighted by Crippen LogP contribution is 2.33. The first kappa shape index (κ1) is 10.4. The zero-order chi connectivity index (χ0) is 11.1. The van der Waals surface area contributed by atoms with Gasteiger partial charge in [0.15, 0.2) is 5.96 Å². The highest BCUT2D eigenvalue weighted by molar-refractivity contribution is 6.09. The van der Waals surface area contributed by atoms with E-state index >= 15 is 0 Å². The van der Waals surface area contributed by atoms with E-state index in [-0.39, 0.29) is 11.5 Å². The van der Waals surface area contributed by atoms with E-state index in [2.05, 4.69) is 15.6 Å². The van der Waals surface area contributed by atoms with E-state index in [4.69, 9.17) is 4.74 Å². The van der Waals surface area contributed by atoms with Gasteiger partial charge in [-0.15, -0.1) is 0 Å². The van der Waals surface area contributed by atoms with Gasteiger partial charge >= 0.3 is 0 Å². The summed E-state index contributed by atoms with van der Waals surface area (Å²) in [5.41, 5.74) is -0.775. The lowest BCUT2D eigenvalue weighted by Crippen LogP contribution is -2.56. The van der Waals surface area contributed by atoms with Crippen LogP contribution >= 0.6 is 0 Å². The summed E-state index contributed by atoms with van der Waals surface area (Å²) in [6.07, 6.45) is 1.37. The predicted molar refractivity (Wildman–Crippen MR) is 56.6 cm³/mol. The molecule has 1 amide bonds. The number of rotatable bonds is 0. The summed E-state index contributed by atoms with van der Waals surface area (Å²) >= 11 is 0. The van der Waals surface area contributed by atoms with E-state index in [9.17, 15) is 4.79 Å². The minimum absolute atomic E-state index is 0.0134. The van der Waals surface area contributed by atoms with Gasteiger partial charge < -0.3 is 10.1 Å². The molecule has 0 radical (unpaired) electrons. The van der Waals surface area contributed by atoms with Gasteiger partial charge in [-0.05, 0) is 13.8 Å². The number of hydrogen-bond donors (Lipinski definition) is 2. The molecule has 5 heteroatoms. The SMILES string of the molecule is CN=C1NC(=O)C2(CCOC(C)(C)C2)N1. The van der Waals surface area contributed by atoms with Crippen molar-refractivity contribution in [3.63, 3.8) is 0 Å². The Morgan fingerprint density at radius 2 is 2.20 bits per heavy atom. The highest BCUT2D eigenvalue weighted by Gasteiger charge is 2.50. The molecular weight excluding hydrogens is 194 g/mol. The van der Waals surface area contributed by atoms with Crippen LogP contribution in [0, 0.1) is 0 Å². The number of guanidine groups is 1. The van der Waals surface area contributed by atoms with Crippen molar-refractivity contribution in [3.05, 3.63) is 0 Å². The van der Waals surface area contributed by atoms with Crippen molar-refractivity contribution in [1.29, 1.82) is 0 Å². The fraction of sp³-hybridized carbons (Fsp3) is 0.800. The highest BCUT2D eigenvalue weighted by atomic mass is 16.5. The van der Waals surface area contributed by atoms with Gasteiger partial charge in [0.2, 0.25) is 0 Å². The van der Waals surface area contributed by atoms with Gasteiger partial charge in [-0.2, -0.15) is 0 Å². The standard InChI is InChI=1S/C10H17N3O2/c1-9(2)6-10(4-5-15-9)7(14)12-8(11-3)13-10/h4-6H2,1-3H3,(H2,11,12,13,14). The molecule has 5 nitrogen and oxygen atoms in total. The molecule has 1 spiro atoms. The average Bonchev–Trinajstić information content (AvgIpc) is 2.42. The number of nitrogens with zero attached hydrogens (tertiary/aromatic N) is 1. The summed E-state index contributed by atoms with van der Waals surface area (Å²) in [4.78, 5) is 15.9. The third kappa shape index (κ3) is 1.71. The van der Waals surface area contributed by atoms with Crippen molar-refractivity contribution in [3.8, 4) is 0 Å². The largest absolute Gasteiger partial charge is 0.375 e. The van der Waals surface area contributed by atoms with E-state index in [1.807, 2.05) is 13.8 Å². The van der Waals surface area contributed by atoms with Gasteiger partial charge in [-0.25, -0.2) is 0 Å². The first-order valence-electron chi connectivity index (χ1n) is 5.18. The van der Waals surface area contributed by atoms with Crippen LogP contribution in [0.15, 0.2) is 4.99 Å². The van der Waals surface area contributed by atoms with E-state index in [1.165, 1.54) is 0 Å². The van der Waals surface area contributed by atoms with E-state index in [0.717, 1.165) is 0 Å². The Bertz CT molecular complexity index is 325. The van der Waals surface area contributed by atoms with Gasteiger partial charge in [-0.1, -0.05) is 0 Å². The molecule has 0 aliphatic carbocycles. The van der Waals surface area contributed by atoms with Gasteiger partial charge in [-0.3, -0.25) is 15.1 Å². The lowest BCUT2D eigenvalue weighted by molar-refractivity contribution is -0.136. The molecule has 0 saturated carbocycles. The van der Waals surface area contributed by atoms with Crippen LogP contribution in [0.3, 0.4) is 0 Å². The summed E-state index contributed by atoms with van der Waals surface area (Å²) in [6, 6.07) is 0. The zero-order valence-electron chi connectivity index (χ0n) is 9.39. The number of carbonyl (C=O) groups is 1. The fourth-order valence-electron chi connectivity index (χ4n) is 2.32. The lowest BCUT2D eigenvalue weighted by atomic mass is 9.81. The number of hydrogen-bond acceptors (Lipinski definition) is 3. The maximum Gasteiger partial charge on any atom is 0.252 e. The molecule has 0 bridgehead atoms. The second-order valence-corrected chi connectivity index (χ2v) is 4.77. The Balaban J connectivity index is 2.23. The molecule has 2 rings (SSSR count). The van der Waals surface area contributed by atoms with Gasteiger partial charge in [0.05, 0.1) is 12.2 Å². The first-order chi connectivity index (χ1) is 6.97. The number of aliphatic imine (C=N–C) groups is 1. The van der Waals surface area contributed by atoms with Crippen LogP contribution in [0.2, 0.25) is 0 Å². The molecule has 84 valence electrons. The second-order valence-electron chi connectivity index (χ2n) is 4.77. The summed E-state index contributed by atoms with van der Waals surface area (Å²) in [5, 5.41) is 5.92. The van der Waals surface area contributed by atoms with Crippen molar-refractivity contribution in [2.24, 2.45) is 4.99 Å². The lowest BCUT2D eigenvalue weighted by Gasteiger charge is -2.40. The molecule has 0 aromatic rings. The minimum Gasteiger partial charge on any atom is -0.375 e. The van der Waals surface area contributed by atoms with E-state index in [0.29, 0.717) is 25.4 Å². The van der Waals surface area contributed by atoms with Crippen molar-refractivity contribution in [1.82, 2.24) is 10.6 Å². The molecule has 1 unspecified atom stereocenters. The van der Waals surface area contributed by atoms with E-state index in [1.54, 1.807) is 7.05 Å². The molecule has 2 saturated heterocycles. The van der Waals surface area contributed by atoms with Crippen molar-refractivity contribution in [2.75, 3.05) is 13.7 Å². The number of carbonyl (C=O) groups excluding carboxylic acids is 1. The van der Waals surface area contributed by atoms with Crippen LogP contribution in [0.5, 0.6) is 0 Å². The Labute approximate surface area is 89.3 Å². The Hall–Kier alpha value is -1.10. The third-order valence-electron chi connectivity index (χ3n) is 3.00. The molecule has 0 aromatic heterocycles. The molecule has 1 atom stereocenters. The number of nitrogens with one attached hydrogen (secondary N) is 2. The predicted octanol–water partition coefficient (Wildman–Crippen LogP) is 0.0194. The molecule has 0 aromatic carbocycles. The van der Waals surface area contributed by atoms with Crippen LogP contribution in [0.1, 0.15) is 26.7 Å². The molecule has 2 aliphatic rings. The molecule has 2 aliphatic heterocycles. The smallest absolute Gasteiger partial charge is 0.252 e. The van der Waals surface area contributed by atoms with Crippen molar-refractivity contribution in [2.45, 2.75) is 37.8 Å². The van der Waals surface area contributed by atoms with Crippen LogP contribution in [-0.2, 0) is 9.53 Å². The van der Waals surface area contributed by atoms with Crippen molar-refractivity contribution >= 4 is 11.9 Å². The van der Waals surface area contributed by atoms with Gasteiger partial charge in [0.1, 0.15) is 5.54 Å². The monoisotopic (exact) mass is 211 g/mol. The Morgan fingerprint density at radius 1 is 1.47 bits per heavy atom.